The van der Waals surface area contributed by atoms with Crippen molar-refractivity contribution in [2.45, 2.75) is 12.8 Å². The number of halogens is 1. The summed E-state index contributed by atoms with van der Waals surface area (Å²) in [5.74, 6) is 0.662. The molecule has 124 valence electrons. The van der Waals surface area contributed by atoms with E-state index in [1.54, 1.807) is 6.20 Å². The molecule has 0 spiro atoms. The van der Waals surface area contributed by atoms with Crippen LogP contribution in [0.15, 0.2) is 84.3 Å². The summed E-state index contributed by atoms with van der Waals surface area (Å²) >= 11 is 5.91. The molecule has 1 aliphatic carbocycles. The Kier molecular flexibility index (Phi) is 4.83. The number of nitrogens with zero attached hydrogens (tertiary/aromatic N) is 1. The van der Waals surface area contributed by atoms with Crippen LogP contribution in [-0.4, -0.2) is 4.98 Å². The summed E-state index contributed by atoms with van der Waals surface area (Å²) in [6.07, 6.45) is 10.8. The van der Waals surface area contributed by atoms with Crippen molar-refractivity contribution in [3.8, 4) is 5.75 Å². The molecule has 0 radical (unpaired) electrons. The molecule has 1 aliphatic rings. The lowest BCUT2D eigenvalue weighted by atomic mass is 10.2. The van der Waals surface area contributed by atoms with E-state index in [0.717, 1.165) is 29.0 Å². The number of hydrogen-bond acceptors (Lipinski definition) is 2. The minimum Gasteiger partial charge on any atom is -0.383 e. The molecule has 2 aromatic carbocycles. The van der Waals surface area contributed by atoms with Crippen molar-refractivity contribution in [3.05, 3.63) is 84.3 Å². The maximum Gasteiger partial charge on any atom is 0.180 e. The maximum atomic E-state index is 5.91. The van der Waals surface area contributed by atoms with Gasteiger partial charge in [-0.15, -0.1) is 0 Å². The summed E-state index contributed by atoms with van der Waals surface area (Å²) in [5.41, 5.74) is 0.804. The number of fused-ring (bicyclic) bond motifs is 1. The van der Waals surface area contributed by atoms with E-state index in [0.29, 0.717) is 5.75 Å². The number of hydrogen-bond donors (Lipinski definition) is 0. The molecule has 1 heterocycles. The molecule has 0 saturated carbocycles. The quantitative estimate of drug-likeness (QED) is 0.575. The van der Waals surface area contributed by atoms with Crippen LogP contribution < -0.4 is 14.9 Å². The molecule has 0 saturated heterocycles. The second-order valence-corrected chi connectivity index (χ2v) is 8.19. The molecule has 0 amide bonds. The molecular weight excluding hydrogens is 349 g/mol. The van der Waals surface area contributed by atoms with Gasteiger partial charge >= 0.3 is 0 Å². The minimum absolute atomic E-state index is 0.662. The van der Waals surface area contributed by atoms with E-state index in [1.807, 2.05) is 18.2 Å². The molecule has 0 aliphatic heterocycles. The molecule has 4 heteroatoms. The zero-order valence-corrected chi connectivity index (χ0v) is 15.3. The fraction of sp³-hybridized carbons (Fsp3) is 0.0952. The Labute approximate surface area is 153 Å². The molecule has 1 unspecified atom stereocenters. The Hall–Kier alpha value is -2.15. The van der Waals surface area contributed by atoms with Crippen LogP contribution in [0.4, 0.5) is 0 Å². The van der Waals surface area contributed by atoms with Gasteiger partial charge in [0.1, 0.15) is 17.4 Å². The lowest BCUT2D eigenvalue weighted by molar-refractivity contribution is 0.630. The van der Waals surface area contributed by atoms with Crippen LogP contribution in [0, 0.1) is 0 Å². The predicted molar refractivity (Wildman–Crippen MR) is 107 cm³/mol. The van der Waals surface area contributed by atoms with Crippen LogP contribution in [0.5, 0.6) is 5.75 Å². The van der Waals surface area contributed by atoms with Crippen LogP contribution in [0.25, 0.3) is 10.9 Å². The smallest absolute Gasteiger partial charge is 0.180 e. The Morgan fingerprint density at radius 2 is 1.84 bits per heavy atom. The molecule has 25 heavy (non-hydrogen) atoms. The van der Waals surface area contributed by atoms with Crippen molar-refractivity contribution in [1.29, 1.82) is 0 Å². The van der Waals surface area contributed by atoms with E-state index in [4.69, 9.17) is 16.2 Å². The van der Waals surface area contributed by atoms with Crippen LogP contribution in [0.2, 0.25) is 0 Å². The summed E-state index contributed by atoms with van der Waals surface area (Å²) in [6.45, 7) is 0. The fourth-order valence-corrected chi connectivity index (χ4v) is 5.81. The lowest BCUT2D eigenvalue weighted by Gasteiger charge is -2.23. The largest absolute Gasteiger partial charge is 0.383 e. The van der Waals surface area contributed by atoms with Crippen molar-refractivity contribution in [2.75, 3.05) is 0 Å². The first-order valence-corrected chi connectivity index (χ1v) is 9.92. The number of pyridine rings is 1. The summed E-state index contributed by atoms with van der Waals surface area (Å²) < 4.78 is 5.33. The van der Waals surface area contributed by atoms with Crippen LogP contribution in [0.3, 0.4) is 0 Å². The van der Waals surface area contributed by atoms with E-state index in [1.165, 1.54) is 10.6 Å². The Morgan fingerprint density at radius 3 is 2.60 bits per heavy atom. The maximum absolute atomic E-state index is 5.91. The topological polar surface area (TPSA) is 22.1 Å². The third kappa shape index (κ3) is 3.20. The molecule has 0 bridgehead atoms. The van der Waals surface area contributed by atoms with Gasteiger partial charge in [0, 0.05) is 16.9 Å². The number of allylic oxidation sites excluding steroid dienone is 4. The van der Waals surface area contributed by atoms with E-state index in [2.05, 4.69) is 59.6 Å². The number of rotatable bonds is 4. The predicted octanol–water partition coefficient (Wildman–Crippen LogP) is 5.43. The Bertz CT molecular complexity index is 953. The summed E-state index contributed by atoms with van der Waals surface area (Å²) in [5, 5.41) is 4.73. The molecule has 4 rings (SSSR count). The first-order chi connectivity index (χ1) is 12.4. The normalized spacial score (nSPS) is 15.0. The molecule has 1 aromatic heterocycles. The highest BCUT2D eigenvalue weighted by Crippen LogP contribution is 2.48. The standard InChI is InChI=1S/C21H17ClNOP/c22-24-21-19(14-13-16-8-7-15-23-20(16)21)25(17-9-3-1-4-10-17)18-11-5-2-6-12-18/h1,3-5,7-15H,2,6H2. The number of benzene rings is 2. The first kappa shape index (κ1) is 16.3. The Morgan fingerprint density at radius 1 is 0.960 bits per heavy atom. The van der Waals surface area contributed by atoms with Crippen molar-refractivity contribution in [1.82, 2.24) is 4.98 Å². The second-order valence-electron chi connectivity index (χ2n) is 5.85. The van der Waals surface area contributed by atoms with Gasteiger partial charge in [-0.25, -0.2) is 0 Å². The zero-order valence-electron chi connectivity index (χ0n) is 13.6. The monoisotopic (exact) mass is 365 g/mol. The van der Waals surface area contributed by atoms with Crippen molar-refractivity contribution in [3.63, 3.8) is 0 Å². The van der Waals surface area contributed by atoms with Gasteiger partial charge in [-0.3, -0.25) is 4.98 Å². The van der Waals surface area contributed by atoms with E-state index >= 15 is 0 Å². The van der Waals surface area contributed by atoms with E-state index in [-0.39, 0.29) is 0 Å². The van der Waals surface area contributed by atoms with Crippen LogP contribution in [0.1, 0.15) is 12.8 Å². The average Bonchev–Trinajstić information content (AvgIpc) is 2.69. The van der Waals surface area contributed by atoms with E-state index < -0.39 is 7.92 Å². The summed E-state index contributed by atoms with van der Waals surface area (Å²) in [7, 11) is -0.744. The average molecular weight is 366 g/mol. The third-order valence-corrected chi connectivity index (χ3v) is 6.92. The molecule has 1 atom stereocenters. The van der Waals surface area contributed by atoms with Crippen molar-refractivity contribution < 1.29 is 4.29 Å². The van der Waals surface area contributed by atoms with Gasteiger partial charge in [-0.05, 0) is 43.5 Å². The molecular formula is C21H17ClNOP. The highest BCUT2D eigenvalue weighted by Gasteiger charge is 2.24. The molecule has 2 nitrogen and oxygen atoms in total. The summed E-state index contributed by atoms with van der Waals surface area (Å²) in [6, 6.07) is 18.7. The third-order valence-electron chi connectivity index (χ3n) is 4.27. The fourth-order valence-electron chi connectivity index (χ4n) is 3.13. The highest BCUT2D eigenvalue weighted by molar-refractivity contribution is 7.77. The SMILES string of the molecule is ClOc1c(P(C2=CCCC=C2)c2ccccc2)ccc2cccnc12. The lowest BCUT2D eigenvalue weighted by Crippen LogP contribution is -2.15. The zero-order chi connectivity index (χ0) is 17.1. The minimum atomic E-state index is -0.744. The molecule has 0 N–H and O–H groups in total. The Balaban J connectivity index is 1.95. The van der Waals surface area contributed by atoms with Gasteiger partial charge in [0.25, 0.3) is 0 Å². The van der Waals surface area contributed by atoms with Gasteiger partial charge in [-0.2, -0.15) is 0 Å². The van der Waals surface area contributed by atoms with Gasteiger partial charge < -0.3 is 4.29 Å². The van der Waals surface area contributed by atoms with Crippen molar-refractivity contribution >= 4 is 41.3 Å². The van der Waals surface area contributed by atoms with Crippen molar-refractivity contribution in [2.24, 2.45) is 0 Å². The van der Waals surface area contributed by atoms with Gasteiger partial charge in [-0.1, -0.05) is 60.7 Å². The summed E-state index contributed by atoms with van der Waals surface area (Å²) in [4.78, 5) is 4.50. The number of aromatic nitrogens is 1. The molecule has 0 fully saturated rings. The van der Waals surface area contributed by atoms with Gasteiger partial charge in [0.05, 0.1) is 0 Å². The van der Waals surface area contributed by atoms with E-state index in [9.17, 15) is 0 Å². The van der Waals surface area contributed by atoms with Crippen LogP contribution in [-0.2, 0) is 0 Å². The van der Waals surface area contributed by atoms with Gasteiger partial charge in [0.15, 0.2) is 5.75 Å². The van der Waals surface area contributed by atoms with Gasteiger partial charge in [0.2, 0.25) is 0 Å². The second kappa shape index (κ2) is 7.39. The first-order valence-electron chi connectivity index (χ1n) is 8.26. The molecule has 3 aromatic rings. The highest BCUT2D eigenvalue weighted by atomic mass is 35.5. The van der Waals surface area contributed by atoms with Crippen LogP contribution >= 0.6 is 19.8 Å².